The highest BCUT2D eigenvalue weighted by molar-refractivity contribution is 5.87. The third kappa shape index (κ3) is 2.95. The molecule has 0 fully saturated rings. The van der Waals surface area contributed by atoms with Crippen LogP contribution in [0, 0.1) is 0 Å². The van der Waals surface area contributed by atoms with Crippen molar-refractivity contribution in [2.24, 2.45) is 0 Å². The highest BCUT2D eigenvalue weighted by Crippen LogP contribution is 2.12. The van der Waals surface area contributed by atoms with E-state index in [1.807, 2.05) is 19.1 Å². The van der Waals surface area contributed by atoms with E-state index < -0.39 is 5.97 Å². The molecule has 0 bridgehead atoms. The van der Waals surface area contributed by atoms with Crippen LogP contribution in [0.5, 0.6) is 0 Å². The summed E-state index contributed by atoms with van der Waals surface area (Å²) in [5.41, 5.74) is 0.983. The number of carboxylic acids is 1. The number of hydrogen-bond acceptors (Lipinski definition) is 4. The SMILES string of the molecule is CC(NCc1ccc(C(=O)O)cn1)c1ccco1. The van der Waals surface area contributed by atoms with Crippen LogP contribution in [0.4, 0.5) is 0 Å². The Morgan fingerprint density at radius 3 is 2.89 bits per heavy atom. The molecule has 2 aromatic heterocycles. The van der Waals surface area contributed by atoms with Crippen molar-refractivity contribution < 1.29 is 14.3 Å². The highest BCUT2D eigenvalue weighted by Gasteiger charge is 2.08. The number of carbonyl (C=O) groups is 1. The van der Waals surface area contributed by atoms with E-state index in [1.165, 1.54) is 6.20 Å². The molecule has 0 aliphatic heterocycles. The predicted octanol–water partition coefficient (Wildman–Crippen LogP) is 2.22. The van der Waals surface area contributed by atoms with Gasteiger partial charge in [0.2, 0.25) is 0 Å². The molecule has 5 nitrogen and oxygen atoms in total. The van der Waals surface area contributed by atoms with E-state index in [1.54, 1.807) is 18.4 Å². The molecular weight excluding hydrogens is 232 g/mol. The zero-order valence-electron chi connectivity index (χ0n) is 9.96. The van der Waals surface area contributed by atoms with E-state index in [-0.39, 0.29) is 11.6 Å². The van der Waals surface area contributed by atoms with E-state index in [9.17, 15) is 4.79 Å². The van der Waals surface area contributed by atoms with Crippen LogP contribution < -0.4 is 5.32 Å². The Kier molecular flexibility index (Phi) is 3.74. The van der Waals surface area contributed by atoms with Gasteiger partial charge in [0.25, 0.3) is 0 Å². The maximum absolute atomic E-state index is 10.7. The standard InChI is InChI=1S/C13H14N2O3/c1-9(12-3-2-6-18-12)14-8-11-5-4-10(7-15-11)13(16)17/h2-7,9,14H,8H2,1H3,(H,16,17). The van der Waals surface area contributed by atoms with Crippen LogP contribution in [-0.2, 0) is 6.54 Å². The molecule has 1 unspecified atom stereocenters. The van der Waals surface area contributed by atoms with Crippen molar-refractivity contribution in [3.05, 3.63) is 53.7 Å². The normalized spacial score (nSPS) is 12.3. The first kappa shape index (κ1) is 12.3. The maximum atomic E-state index is 10.7. The third-order valence-electron chi connectivity index (χ3n) is 2.63. The number of furan rings is 1. The van der Waals surface area contributed by atoms with Crippen molar-refractivity contribution in [3.63, 3.8) is 0 Å². The topological polar surface area (TPSA) is 75.4 Å². The fraction of sp³-hybridized carbons (Fsp3) is 0.231. The summed E-state index contributed by atoms with van der Waals surface area (Å²) in [6, 6.07) is 7.07. The Morgan fingerprint density at radius 2 is 2.33 bits per heavy atom. The monoisotopic (exact) mass is 246 g/mol. The number of nitrogens with zero attached hydrogens (tertiary/aromatic N) is 1. The number of rotatable bonds is 5. The van der Waals surface area contributed by atoms with Crippen molar-refractivity contribution in [1.82, 2.24) is 10.3 Å². The second-order valence-corrected chi connectivity index (χ2v) is 3.96. The first-order valence-electron chi connectivity index (χ1n) is 5.62. The van der Waals surface area contributed by atoms with Crippen molar-refractivity contribution in [3.8, 4) is 0 Å². The van der Waals surface area contributed by atoms with Crippen LogP contribution in [0.3, 0.4) is 0 Å². The van der Waals surface area contributed by atoms with Crippen molar-refractivity contribution >= 4 is 5.97 Å². The smallest absolute Gasteiger partial charge is 0.337 e. The van der Waals surface area contributed by atoms with Gasteiger partial charge < -0.3 is 14.8 Å². The molecule has 0 saturated carbocycles. The van der Waals surface area contributed by atoms with E-state index in [0.717, 1.165) is 11.5 Å². The van der Waals surface area contributed by atoms with Gasteiger partial charge in [-0.15, -0.1) is 0 Å². The van der Waals surface area contributed by atoms with Gasteiger partial charge in [-0.3, -0.25) is 4.98 Å². The predicted molar refractivity (Wildman–Crippen MR) is 65.2 cm³/mol. The summed E-state index contributed by atoms with van der Waals surface area (Å²) < 4.78 is 5.27. The lowest BCUT2D eigenvalue weighted by Crippen LogP contribution is -2.18. The number of aromatic carboxylic acids is 1. The first-order valence-corrected chi connectivity index (χ1v) is 5.62. The summed E-state index contributed by atoms with van der Waals surface area (Å²) in [6.07, 6.45) is 2.99. The number of aromatic nitrogens is 1. The molecule has 0 radical (unpaired) electrons. The number of pyridine rings is 1. The minimum atomic E-state index is -0.967. The minimum Gasteiger partial charge on any atom is -0.478 e. The molecule has 0 aromatic carbocycles. The number of nitrogens with one attached hydrogen (secondary N) is 1. The van der Waals surface area contributed by atoms with Gasteiger partial charge in [0.1, 0.15) is 5.76 Å². The van der Waals surface area contributed by atoms with Crippen molar-refractivity contribution in [1.29, 1.82) is 0 Å². The summed E-state index contributed by atoms with van der Waals surface area (Å²) in [4.78, 5) is 14.7. The van der Waals surface area contributed by atoms with Crippen LogP contribution in [0.15, 0.2) is 41.1 Å². The van der Waals surface area contributed by atoms with E-state index >= 15 is 0 Å². The summed E-state index contributed by atoms with van der Waals surface area (Å²) in [6.45, 7) is 2.55. The number of hydrogen-bond donors (Lipinski definition) is 2. The largest absolute Gasteiger partial charge is 0.478 e. The van der Waals surface area contributed by atoms with E-state index in [0.29, 0.717) is 6.54 Å². The zero-order chi connectivity index (χ0) is 13.0. The Bertz CT molecular complexity index is 506. The number of carboxylic acid groups (broad SMARTS) is 1. The zero-order valence-corrected chi connectivity index (χ0v) is 9.96. The molecule has 2 N–H and O–H groups in total. The van der Waals surface area contributed by atoms with Gasteiger partial charge in [0.15, 0.2) is 0 Å². The molecule has 0 amide bonds. The summed E-state index contributed by atoms with van der Waals surface area (Å²) in [5.74, 6) is -0.108. The molecular formula is C13H14N2O3. The third-order valence-corrected chi connectivity index (χ3v) is 2.63. The van der Waals surface area contributed by atoms with E-state index in [2.05, 4.69) is 10.3 Å². The molecule has 2 aromatic rings. The molecule has 0 aliphatic rings. The highest BCUT2D eigenvalue weighted by atomic mass is 16.4. The fourth-order valence-electron chi connectivity index (χ4n) is 1.55. The van der Waals surface area contributed by atoms with Gasteiger partial charge in [0, 0.05) is 12.7 Å². The van der Waals surface area contributed by atoms with Crippen LogP contribution in [0.25, 0.3) is 0 Å². The van der Waals surface area contributed by atoms with Gasteiger partial charge in [-0.05, 0) is 31.2 Å². The molecule has 2 heterocycles. The second-order valence-electron chi connectivity index (χ2n) is 3.96. The lowest BCUT2D eigenvalue weighted by Gasteiger charge is -2.10. The summed E-state index contributed by atoms with van der Waals surface area (Å²) in [5, 5.41) is 12.0. The first-order chi connectivity index (χ1) is 8.66. The van der Waals surface area contributed by atoms with Gasteiger partial charge in [-0.2, -0.15) is 0 Å². The molecule has 18 heavy (non-hydrogen) atoms. The van der Waals surface area contributed by atoms with Gasteiger partial charge in [-0.1, -0.05) is 0 Å². The van der Waals surface area contributed by atoms with Crippen molar-refractivity contribution in [2.45, 2.75) is 19.5 Å². The molecule has 0 spiro atoms. The molecule has 94 valence electrons. The van der Waals surface area contributed by atoms with Crippen molar-refractivity contribution in [2.75, 3.05) is 0 Å². The van der Waals surface area contributed by atoms with Gasteiger partial charge >= 0.3 is 5.97 Å². The lowest BCUT2D eigenvalue weighted by molar-refractivity contribution is 0.0696. The minimum absolute atomic E-state index is 0.0842. The Balaban J connectivity index is 1.92. The maximum Gasteiger partial charge on any atom is 0.337 e. The molecule has 0 saturated heterocycles. The van der Waals surface area contributed by atoms with Crippen LogP contribution >= 0.6 is 0 Å². The molecule has 5 heteroatoms. The Hall–Kier alpha value is -2.14. The Labute approximate surface area is 104 Å². The van der Waals surface area contributed by atoms with Gasteiger partial charge in [-0.25, -0.2) is 4.79 Å². The Morgan fingerprint density at radius 1 is 1.50 bits per heavy atom. The fourth-order valence-corrected chi connectivity index (χ4v) is 1.55. The summed E-state index contributed by atoms with van der Waals surface area (Å²) >= 11 is 0. The van der Waals surface area contributed by atoms with Crippen LogP contribution in [-0.4, -0.2) is 16.1 Å². The summed E-state index contributed by atoms with van der Waals surface area (Å²) in [7, 11) is 0. The van der Waals surface area contributed by atoms with Crippen LogP contribution in [0.2, 0.25) is 0 Å². The average molecular weight is 246 g/mol. The van der Waals surface area contributed by atoms with Gasteiger partial charge in [0.05, 0.1) is 23.6 Å². The van der Waals surface area contributed by atoms with E-state index in [4.69, 9.17) is 9.52 Å². The average Bonchev–Trinajstić information content (AvgIpc) is 2.90. The lowest BCUT2D eigenvalue weighted by atomic mass is 10.2. The van der Waals surface area contributed by atoms with Crippen LogP contribution in [0.1, 0.15) is 34.8 Å². The molecule has 1 atom stereocenters. The molecule has 2 rings (SSSR count). The second kappa shape index (κ2) is 5.46. The molecule has 0 aliphatic carbocycles. The quantitative estimate of drug-likeness (QED) is 0.846.